The lowest BCUT2D eigenvalue weighted by atomic mass is 10.1. The summed E-state index contributed by atoms with van der Waals surface area (Å²) in [6.07, 6.45) is -4.85. The zero-order valence-electron chi connectivity index (χ0n) is 16.2. The molecule has 0 unspecified atom stereocenters. The highest BCUT2D eigenvalue weighted by atomic mass is 32.2. The number of carbonyl (C=O) groups is 1. The average molecular weight is 474 g/mol. The number of nitrogens with zero attached hydrogens (tertiary/aromatic N) is 3. The van der Waals surface area contributed by atoms with Crippen molar-refractivity contribution in [3.05, 3.63) is 63.7 Å². The van der Waals surface area contributed by atoms with E-state index in [-0.39, 0.29) is 37.4 Å². The van der Waals surface area contributed by atoms with Crippen LogP contribution in [0.25, 0.3) is 0 Å². The molecule has 2 aromatic rings. The van der Waals surface area contributed by atoms with E-state index in [9.17, 15) is 36.5 Å². The number of alkyl halides is 3. The molecule has 10 nitrogen and oxygen atoms in total. The predicted octanol–water partition coefficient (Wildman–Crippen LogP) is 2.24. The fourth-order valence-electron chi connectivity index (χ4n) is 3.38. The van der Waals surface area contributed by atoms with Gasteiger partial charge in [-0.25, -0.2) is 13.9 Å². The Labute approximate surface area is 180 Å². The number of benzene rings is 2. The number of nitrogens with one attached hydrogen (secondary N) is 1. The Bertz CT molecular complexity index is 1150. The number of nitro groups is 1. The van der Waals surface area contributed by atoms with Crippen LogP contribution in [0, 0.1) is 10.1 Å². The van der Waals surface area contributed by atoms with Gasteiger partial charge in [-0.1, -0.05) is 12.1 Å². The second-order valence-corrected chi connectivity index (χ2v) is 8.69. The fourth-order valence-corrected chi connectivity index (χ4v) is 5.01. The number of sulfonamides is 1. The average Bonchev–Trinajstić information content (AvgIpc) is 2.77. The summed E-state index contributed by atoms with van der Waals surface area (Å²) in [4.78, 5) is 22.9. The summed E-state index contributed by atoms with van der Waals surface area (Å²) in [5.41, 5.74) is -0.388. The molecule has 32 heavy (non-hydrogen) atoms. The first-order chi connectivity index (χ1) is 15.0. The third kappa shape index (κ3) is 4.51. The third-order valence-electron chi connectivity index (χ3n) is 4.93. The molecule has 1 saturated heterocycles. The molecule has 0 atom stereocenters. The van der Waals surface area contributed by atoms with Gasteiger partial charge in [0.2, 0.25) is 10.0 Å². The van der Waals surface area contributed by atoms with Gasteiger partial charge in [-0.15, -0.1) is 0 Å². The molecule has 0 aromatic heterocycles. The minimum atomic E-state index is -4.85. The molecule has 2 N–H and O–H groups in total. The zero-order chi connectivity index (χ0) is 23.7. The van der Waals surface area contributed by atoms with E-state index in [1.54, 1.807) is 0 Å². The van der Waals surface area contributed by atoms with Gasteiger partial charge in [-0.3, -0.25) is 20.1 Å². The standard InChI is InChI=1S/C18H17F3N4O6S/c19-18(20,21)13-3-1-2-4-16(13)32(30,31)24-9-7-23(8-10-24)14-6-5-12(17(26)22-27)11-15(14)25(28)29/h1-6,11,27H,7-10H2,(H,22,26). The normalized spacial score (nSPS) is 15.4. The molecule has 0 aliphatic carbocycles. The molecule has 0 radical (unpaired) electrons. The van der Waals surface area contributed by atoms with Crippen molar-refractivity contribution in [3.63, 3.8) is 0 Å². The van der Waals surface area contributed by atoms with E-state index in [0.717, 1.165) is 22.5 Å². The molecule has 3 rings (SSSR count). The summed E-state index contributed by atoms with van der Waals surface area (Å²) < 4.78 is 66.4. The number of hydroxylamine groups is 1. The SMILES string of the molecule is O=C(NO)c1ccc(N2CCN(S(=O)(=O)c3ccccc3C(F)(F)F)CC2)c([N+](=O)[O-])c1. The van der Waals surface area contributed by atoms with Crippen LogP contribution in [0.5, 0.6) is 0 Å². The van der Waals surface area contributed by atoms with Crippen molar-refractivity contribution in [3.8, 4) is 0 Å². The summed E-state index contributed by atoms with van der Waals surface area (Å²) in [5.74, 6) is -0.945. The van der Waals surface area contributed by atoms with Crippen LogP contribution in [-0.4, -0.2) is 54.9 Å². The lowest BCUT2D eigenvalue weighted by molar-refractivity contribution is -0.384. The van der Waals surface area contributed by atoms with Crippen molar-refractivity contribution in [2.24, 2.45) is 0 Å². The van der Waals surface area contributed by atoms with Crippen LogP contribution >= 0.6 is 0 Å². The zero-order valence-corrected chi connectivity index (χ0v) is 17.1. The first-order valence-corrected chi connectivity index (χ1v) is 10.5. The largest absolute Gasteiger partial charge is 0.417 e. The second kappa shape index (κ2) is 8.72. The van der Waals surface area contributed by atoms with Crippen LogP contribution in [0.15, 0.2) is 47.4 Å². The molecule has 2 aromatic carbocycles. The summed E-state index contributed by atoms with van der Waals surface area (Å²) >= 11 is 0. The number of hydrogen-bond acceptors (Lipinski definition) is 7. The van der Waals surface area contributed by atoms with Gasteiger partial charge >= 0.3 is 6.18 Å². The van der Waals surface area contributed by atoms with E-state index in [0.29, 0.717) is 6.07 Å². The lowest BCUT2D eigenvalue weighted by Crippen LogP contribution is -2.49. The molecular formula is C18H17F3N4O6S. The van der Waals surface area contributed by atoms with Crippen molar-refractivity contribution >= 4 is 27.3 Å². The van der Waals surface area contributed by atoms with Gasteiger partial charge in [0.25, 0.3) is 11.6 Å². The first-order valence-electron chi connectivity index (χ1n) is 9.11. The minimum absolute atomic E-state index is 0.0280. The highest BCUT2D eigenvalue weighted by Gasteiger charge is 2.39. The summed E-state index contributed by atoms with van der Waals surface area (Å²) in [6.45, 7) is -0.464. The number of halogens is 3. The van der Waals surface area contributed by atoms with Gasteiger partial charge in [-0.2, -0.15) is 17.5 Å². The molecule has 1 aliphatic heterocycles. The molecule has 1 amide bonds. The lowest BCUT2D eigenvalue weighted by Gasteiger charge is -2.35. The minimum Gasteiger partial charge on any atom is -0.363 e. The smallest absolute Gasteiger partial charge is 0.363 e. The van der Waals surface area contributed by atoms with Crippen LogP contribution in [0.1, 0.15) is 15.9 Å². The molecule has 1 aliphatic rings. The molecule has 1 heterocycles. The van der Waals surface area contributed by atoms with Crippen molar-refractivity contribution in [1.82, 2.24) is 9.79 Å². The molecule has 0 bridgehead atoms. The monoisotopic (exact) mass is 474 g/mol. The van der Waals surface area contributed by atoms with Gasteiger partial charge in [0.05, 0.1) is 15.4 Å². The van der Waals surface area contributed by atoms with E-state index in [2.05, 4.69) is 0 Å². The highest BCUT2D eigenvalue weighted by molar-refractivity contribution is 7.89. The van der Waals surface area contributed by atoms with E-state index in [1.807, 2.05) is 0 Å². The van der Waals surface area contributed by atoms with E-state index < -0.39 is 43.2 Å². The molecule has 1 fully saturated rings. The summed E-state index contributed by atoms with van der Waals surface area (Å²) in [5, 5.41) is 20.1. The summed E-state index contributed by atoms with van der Waals surface area (Å²) in [6, 6.07) is 7.37. The van der Waals surface area contributed by atoms with Crippen LogP contribution < -0.4 is 10.4 Å². The van der Waals surface area contributed by atoms with Crippen molar-refractivity contribution in [1.29, 1.82) is 0 Å². The molecular weight excluding hydrogens is 457 g/mol. The van der Waals surface area contributed by atoms with Crippen molar-refractivity contribution in [2.45, 2.75) is 11.1 Å². The quantitative estimate of drug-likeness (QED) is 0.386. The topological polar surface area (TPSA) is 133 Å². The van der Waals surface area contributed by atoms with Crippen LogP contribution in [0.3, 0.4) is 0 Å². The molecule has 0 spiro atoms. The maximum Gasteiger partial charge on any atom is 0.417 e. The maximum atomic E-state index is 13.3. The second-order valence-electron chi connectivity index (χ2n) is 6.79. The number of nitro benzene ring substituents is 1. The number of amides is 1. The number of carbonyl (C=O) groups excluding carboxylic acids is 1. The Hall–Kier alpha value is -3.23. The predicted molar refractivity (Wildman–Crippen MR) is 105 cm³/mol. The molecule has 0 saturated carbocycles. The first kappa shape index (κ1) is 23.4. The van der Waals surface area contributed by atoms with Crippen LogP contribution in [0.4, 0.5) is 24.5 Å². The molecule has 14 heteroatoms. The van der Waals surface area contributed by atoms with E-state index >= 15 is 0 Å². The highest BCUT2D eigenvalue weighted by Crippen LogP contribution is 2.36. The Kier molecular flexibility index (Phi) is 6.39. The van der Waals surface area contributed by atoms with Gasteiger partial charge < -0.3 is 4.90 Å². The van der Waals surface area contributed by atoms with Gasteiger partial charge in [0.1, 0.15) is 5.69 Å². The van der Waals surface area contributed by atoms with Crippen LogP contribution in [0.2, 0.25) is 0 Å². The van der Waals surface area contributed by atoms with Crippen molar-refractivity contribution < 1.29 is 36.5 Å². The number of rotatable bonds is 5. The Morgan fingerprint density at radius 3 is 2.28 bits per heavy atom. The number of hydrogen-bond donors (Lipinski definition) is 2. The fraction of sp³-hybridized carbons (Fsp3) is 0.278. The maximum absolute atomic E-state index is 13.3. The van der Waals surface area contributed by atoms with Gasteiger partial charge in [-0.05, 0) is 24.3 Å². The molecule has 172 valence electrons. The van der Waals surface area contributed by atoms with Crippen molar-refractivity contribution in [2.75, 3.05) is 31.1 Å². The Balaban J connectivity index is 1.85. The Morgan fingerprint density at radius 2 is 1.72 bits per heavy atom. The summed E-state index contributed by atoms with van der Waals surface area (Å²) in [7, 11) is -4.46. The van der Waals surface area contributed by atoms with Gasteiger partial charge in [0, 0.05) is 37.8 Å². The third-order valence-corrected chi connectivity index (χ3v) is 6.88. The van der Waals surface area contributed by atoms with Crippen LogP contribution in [-0.2, 0) is 16.2 Å². The number of piperazine rings is 1. The van der Waals surface area contributed by atoms with Gasteiger partial charge in [0.15, 0.2) is 0 Å². The van der Waals surface area contributed by atoms with E-state index in [4.69, 9.17) is 5.21 Å². The van der Waals surface area contributed by atoms with E-state index in [1.165, 1.54) is 28.6 Å². The Morgan fingerprint density at radius 1 is 1.09 bits per heavy atom. The number of anilines is 1.